The molecule has 128 valence electrons. The smallest absolute Gasteiger partial charge is 0.266 e. The molecule has 2 heterocycles. The van der Waals surface area contributed by atoms with Crippen molar-refractivity contribution >= 4 is 74.8 Å². The highest BCUT2D eigenvalue weighted by Gasteiger charge is 2.33. The molecule has 1 saturated heterocycles. The normalized spacial score (nSPS) is 15.9. The van der Waals surface area contributed by atoms with Gasteiger partial charge in [-0.25, -0.2) is 4.39 Å². The third-order valence-electron chi connectivity index (χ3n) is 3.20. The van der Waals surface area contributed by atoms with Gasteiger partial charge in [-0.15, -0.1) is 11.3 Å². The van der Waals surface area contributed by atoms with Crippen LogP contribution in [0.1, 0.15) is 4.88 Å². The molecule has 0 unspecified atom stereocenters. The minimum Gasteiger partial charge on any atom is -0.324 e. The number of benzene rings is 1. The molecule has 1 aliphatic heterocycles. The number of anilines is 1. The van der Waals surface area contributed by atoms with E-state index in [0.717, 1.165) is 22.7 Å². The molecule has 3 rings (SSSR count). The Kier molecular flexibility index (Phi) is 5.53. The van der Waals surface area contributed by atoms with Crippen LogP contribution >= 0.6 is 46.9 Å². The van der Waals surface area contributed by atoms with E-state index in [1.807, 2.05) is 17.5 Å². The fraction of sp³-hybridized carbons (Fsp3) is 0.0625. The summed E-state index contributed by atoms with van der Waals surface area (Å²) in [6.07, 6.45) is 1.75. The Morgan fingerprint density at radius 2 is 2.20 bits per heavy atom. The van der Waals surface area contributed by atoms with E-state index >= 15 is 0 Å². The van der Waals surface area contributed by atoms with Gasteiger partial charge in [0, 0.05) is 10.6 Å². The number of nitrogens with zero attached hydrogens (tertiary/aromatic N) is 1. The van der Waals surface area contributed by atoms with Gasteiger partial charge in [0.2, 0.25) is 5.91 Å². The molecule has 1 aromatic heterocycles. The van der Waals surface area contributed by atoms with E-state index in [2.05, 4.69) is 5.32 Å². The number of amides is 2. The van der Waals surface area contributed by atoms with Crippen molar-refractivity contribution in [2.75, 3.05) is 11.9 Å². The van der Waals surface area contributed by atoms with E-state index in [-0.39, 0.29) is 17.5 Å². The summed E-state index contributed by atoms with van der Waals surface area (Å²) in [6.45, 7) is -0.221. The number of hydrogen-bond donors (Lipinski definition) is 1. The molecular weight excluding hydrogens is 403 g/mol. The number of thioether (sulfide) groups is 1. The summed E-state index contributed by atoms with van der Waals surface area (Å²) >= 11 is 13.5. The average Bonchev–Trinajstić information content (AvgIpc) is 3.15. The number of halogens is 2. The number of nitrogens with one attached hydrogen (secondary N) is 1. The van der Waals surface area contributed by atoms with Crippen molar-refractivity contribution < 1.29 is 14.0 Å². The molecule has 0 bridgehead atoms. The lowest BCUT2D eigenvalue weighted by molar-refractivity contribution is -0.126. The van der Waals surface area contributed by atoms with Crippen LogP contribution in [0, 0.1) is 5.82 Å². The van der Waals surface area contributed by atoms with Crippen LogP contribution in [0.2, 0.25) is 5.02 Å². The molecule has 1 aromatic carbocycles. The van der Waals surface area contributed by atoms with E-state index < -0.39 is 11.7 Å². The lowest BCUT2D eigenvalue weighted by Crippen LogP contribution is -2.36. The summed E-state index contributed by atoms with van der Waals surface area (Å²) in [5.41, 5.74) is 0.343. The van der Waals surface area contributed by atoms with Crippen LogP contribution in [-0.2, 0) is 9.59 Å². The Morgan fingerprint density at radius 3 is 2.88 bits per heavy atom. The Bertz CT molecular complexity index is 884. The van der Waals surface area contributed by atoms with E-state index in [9.17, 15) is 14.0 Å². The van der Waals surface area contributed by atoms with Gasteiger partial charge in [0.1, 0.15) is 16.7 Å². The number of rotatable bonds is 4. The predicted octanol–water partition coefficient (Wildman–Crippen LogP) is 4.38. The third-order valence-corrected chi connectivity index (χ3v) is 5.68. The van der Waals surface area contributed by atoms with Gasteiger partial charge in [0.25, 0.3) is 5.91 Å². The van der Waals surface area contributed by atoms with E-state index in [1.165, 1.54) is 28.4 Å². The van der Waals surface area contributed by atoms with Gasteiger partial charge in [-0.1, -0.05) is 41.6 Å². The monoisotopic (exact) mass is 412 g/mol. The van der Waals surface area contributed by atoms with Crippen LogP contribution in [0.5, 0.6) is 0 Å². The molecule has 2 amide bonds. The molecule has 1 N–H and O–H groups in total. The molecule has 0 aliphatic carbocycles. The van der Waals surface area contributed by atoms with Crippen molar-refractivity contribution in [2.45, 2.75) is 0 Å². The second-order valence-corrected chi connectivity index (χ2v) is 8.02. The largest absolute Gasteiger partial charge is 0.324 e. The van der Waals surface area contributed by atoms with Crippen LogP contribution in [-0.4, -0.2) is 27.6 Å². The van der Waals surface area contributed by atoms with Crippen LogP contribution in [0.3, 0.4) is 0 Å². The summed E-state index contributed by atoms with van der Waals surface area (Å²) in [5, 5.41) is 4.38. The summed E-state index contributed by atoms with van der Waals surface area (Å²) < 4.78 is 13.5. The highest BCUT2D eigenvalue weighted by Crippen LogP contribution is 2.33. The minimum absolute atomic E-state index is 0.0951. The number of carbonyl (C=O) groups is 2. The highest BCUT2D eigenvalue weighted by molar-refractivity contribution is 8.26. The fourth-order valence-electron chi connectivity index (χ4n) is 2.06. The molecule has 1 aliphatic rings. The van der Waals surface area contributed by atoms with E-state index in [0.29, 0.717) is 14.9 Å². The molecule has 1 fully saturated rings. The maximum absolute atomic E-state index is 13.1. The van der Waals surface area contributed by atoms with Crippen LogP contribution in [0.25, 0.3) is 6.08 Å². The number of thiophene rings is 1. The lowest BCUT2D eigenvalue weighted by Gasteiger charge is -2.14. The first-order chi connectivity index (χ1) is 11.9. The van der Waals surface area contributed by atoms with Crippen LogP contribution in [0.4, 0.5) is 10.1 Å². The van der Waals surface area contributed by atoms with Crippen molar-refractivity contribution in [2.24, 2.45) is 0 Å². The first-order valence-electron chi connectivity index (χ1n) is 6.98. The number of thiocarbonyl (C=S) groups is 1. The van der Waals surface area contributed by atoms with Gasteiger partial charge in [-0.3, -0.25) is 14.5 Å². The van der Waals surface area contributed by atoms with Crippen molar-refractivity contribution in [3.63, 3.8) is 0 Å². The van der Waals surface area contributed by atoms with Gasteiger partial charge in [-0.05, 0) is 35.7 Å². The molecule has 25 heavy (non-hydrogen) atoms. The van der Waals surface area contributed by atoms with E-state index in [4.69, 9.17) is 23.8 Å². The fourth-order valence-corrected chi connectivity index (χ4v) is 4.22. The van der Waals surface area contributed by atoms with E-state index in [1.54, 1.807) is 6.08 Å². The quantitative estimate of drug-likeness (QED) is 0.598. The lowest BCUT2D eigenvalue weighted by atomic mass is 10.3. The zero-order valence-electron chi connectivity index (χ0n) is 12.5. The van der Waals surface area contributed by atoms with Crippen LogP contribution in [0.15, 0.2) is 40.6 Å². The maximum atomic E-state index is 13.1. The van der Waals surface area contributed by atoms with Crippen molar-refractivity contribution in [3.8, 4) is 0 Å². The second-order valence-electron chi connectivity index (χ2n) is 4.96. The van der Waals surface area contributed by atoms with Gasteiger partial charge in [-0.2, -0.15) is 0 Å². The van der Waals surface area contributed by atoms with Gasteiger partial charge >= 0.3 is 0 Å². The Balaban J connectivity index is 1.67. The Hall–Kier alpha value is -1.74. The summed E-state index contributed by atoms with van der Waals surface area (Å²) in [6, 6.07) is 7.62. The van der Waals surface area contributed by atoms with Crippen molar-refractivity contribution in [3.05, 3.63) is 56.3 Å². The zero-order valence-corrected chi connectivity index (χ0v) is 15.7. The first-order valence-corrected chi connectivity index (χ1v) is 9.46. The molecule has 0 saturated carbocycles. The first kappa shape index (κ1) is 18.1. The third kappa shape index (κ3) is 4.27. The average molecular weight is 413 g/mol. The van der Waals surface area contributed by atoms with Gasteiger partial charge in [0.15, 0.2) is 0 Å². The summed E-state index contributed by atoms with van der Waals surface area (Å²) in [4.78, 5) is 27.2. The highest BCUT2D eigenvalue weighted by atomic mass is 35.5. The molecular formula is C16H10ClFN2O2S3. The molecule has 0 radical (unpaired) electrons. The Labute approximate surface area is 161 Å². The predicted molar refractivity (Wildman–Crippen MR) is 104 cm³/mol. The summed E-state index contributed by atoms with van der Waals surface area (Å²) in [7, 11) is 0. The standard InChI is InChI=1S/C16H10ClFN2O2S3/c17-11-6-9(3-4-12(11)18)19-14(21)8-20-15(22)13(25-16(20)23)7-10-2-1-5-24-10/h1-7H,8H2,(H,19,21)/b13-7-. The number of carbonyl (C=O) groups excluding carboxylic acids is 2. The van der Waals surface area contributed by atoms with Gasteiger partial charge < -0.3 is 5.32 Å². The van der Waals surface area contributed by atoms with Crippen LogP contribution < -0.4 is 5.32 Å². The summed E-state index contributed by atoms with van der Waals surface area (Å²) in [5.74, 6) is -1.33. The minimum atomic E-state index is -0.574. The SMILES string of the molecule is O=C(CN1C(=O)/C(=C/c2cccs2)SC1=S)Nc1ccc(F)c(Cl)c1. The van der Waals surface area contributed by atoms with Crippen molar-refractivity contribution in [1.82, 2.24) is 4.90 Å². The molecule has 2 aromatic rings. The maximum Gasteiger partial charge on any atom is 0.266 e. The van der Waals surface area contributed by atoms with Gasteiger partial charge in [0.05, 0.1) is 9.93 Å². The zero-order chi connectivity index (χ0) is 18.0. The molecule has 0 spiro atoms. The number of hydrogen-bond acceptors (Lipinski definition) is 5. The van der Waals surface area contributed by atoms with Crippen molar-refractivity contribution in [1.29, 1.82) is 0 Å². The Morgan fingerprint density at radius 1 is 1.40 bits per heavy atom. The molecule has 0 atom stereocenters. The second kappa shape index (κ2) is 7.65. The molecule has 9 heteroatoms. The molecule has 4 nitrogen and oxygen atoms in total. The topological polar surface area (TPSA) is 49.4 Å².